The van der Waals surface area contributed by atoms with Crippen molar-refractivity contribution >= 4 is 22.4 Å². The number of amides is 1. The average Bonchev–Trinajstić information content (AvgIpc) is 1.97. The number of carbonyl (C=O) groups excluding carboxylic acids is 2. The number of rotatable bonds is 3. The van der Waals surface area contributed by atoms with Gasteiger partial charge in [-0.25, -0.2) is 9.59 Å². The van der Waals surface area contributed by atoms with E-state index in [1.165, 1.54) is 4.72 Å². The highest BCUT2D eigenvalue weighted by atomic mass is 32.2. The Morgan fingerprint density at radius 3 is 2.19 bits per heavy atom. The molecule has 0 aliphatic rings. The van der Waals surface area contributed by atoms with E-state index in [0.29, 0.717) is 0 Å². The molecule has 0 heterocycles. The van der Waals surface area contributed by atoms with Gasteiger partial charge >= 0.3 is 22.4 Å². The lowest BCUT2D eigenvalue weighted by molar-refractivity contribution is -0.132. The molecule has 0 atom stereocenters. The van der Waals surface area contributed by atoms with Gasteiger partial charge in [0.15, 0.2) is 0 Å². The predicted octanol–water partition coefficient (Wildman–Crippen LogP) is -0.742. The fourth-order valence-electron chi connectivity index (χ4n) is 0.578. The van der Waals surface area contributed by atoms with Crippen LogP contribution in [-0.4, -0.2) is 32.6 Å². The van der Waals surface area contributed by atoms with Crippen molar-refractivity contribution in [2.24, 2.45) is 5.73 Å². The van der Waals surface area contributed by atoms with Crippen LogP contribution in [0, 0.1) is 0 Å². The van der Waals surface area contributed by atoms with E-state index in [-0.39, 0.29) is 0 Å². The minimum Gasteiger partial charge on any atom is -0.443 e. The van der Waals surface area contributed by atoms with Crippen molar-refractivity contribution in [3.8, 4) is 0 Å². The van der Waals surface area contributed by atoms with Gasteiger partial charge in [-0.05, 0) is 20.8 Å². The molecule has 16 heavy (non-hydrogen) atoms. The smallest absolute Gasteiger partial charge is 0.424 e. The minimum atomic E-state index is -4.52. The monoisotopic (exact) mass is 254 g/mol. The summed E-state index contributed by atoms with van der Waals surface area (Å²) in [6.07, 6.45) is -1.24. The molecular weight excluding hydrogens is 240 g/mol. The maximum atomic E-state index is 11.0. The van der Waals surface area contributed by atoms with E-state index >= 15 is 0 Å². The van der Waals surface area contributed by atoms with Crippen LogP contribution in [0.4, 0.5) is 4.79 Å². The minimum absolute atomic E-state index is 0.616. The maximum Gasteiger partial charge on any atom is 0.424 e. The Morgan fingerprint density at radius 1 is 1.31 bits per heavy atom. The summed E-state index contributed by atoms with van der Waals surface area (Å²) in [5, 5.41) is 0. The molecule has 0 fully saturated rings. The third-order valence-electron chi connectivity index (χ3n) is 0.977. The molecule has 94 valence electrons. The molecule has 0 rings (SSSR count). The van der Waals surface area contributed by atoms with Crippen molar-refractivity contribution in [3.63, 3.8) is 0 Å². The summed E-state index contributed by atoms with van der Waals surface area (Å²) in [6.45, 7) is 4.02. The van der Waals surface area contributed by atoms with Crippen LogP contribution in [0.15, 0.2) is 0 Å². The van der Waals surface area contributed by atoms with Crippen LogP contribution in [0.1, 0.15) is 20.8 Å². The number of nitrogens with two attached hydrogens (primary N) is 1. The van der Waals surface area contributed by atoms with E-state index in [9.17, 15) is 18.0 Å². The summed E-state index contributed by atoms with van der Waals surface area (Å²) in [5.74, 6) is -1.18. The first-order valence-corrected chi connectivity index (χ1v) is 5.64. The number of ether oxygens (including phenoxy) is 1. The van der Waals surface area contributed by atoms with Crippen molar-refractivity contribution in [2.45, 2.75) is 26.4 Å². The second kappa shape index (κ2) is 5.12. The van der Waals surface area contributed by atoms with Crippen LogP contribution in [0.3, 0.4) is 0 Å². The van der Waals surface area contributed by atoms with Crippen molar-refractivity contribution in [2.75, 3.05) is 6.54 Å². The molecule has 0 aromatic rings. The third-order valence-corrected chi connectivity index (χ3v) is 1.80. The Hall–Kier alpha value is -1.35. The van der Waals surface area contributed by atoms with E-state index in [2.05, 4.69) is 8.92 Å². The second-order valence-corrected chi connectivity index (χ2v) is 5.00. The predicted molar refractivity (Wildman–Crippen MR) is 53.4 cm³/mol. The van der Waals surface area contributed by atoms with Gasteiger partial charge in [0.25, 0.3) is 0 Å². The first kappa shape index (κ1) is 14.6. The van der Waals surface area contributed by atoms with E-state index in [4.69, 9.17) is 5.73 Å². The van der Waals surface area contributed by atoms with E-state index < -0.39 is 34.5 Å². The van der Waals surface area contributed by atoms with Gasteiger partial charge in [-0.3, -0.25) is 0 Å². The summed E-state index contributed by atoms with van der Waals surface area (Å²) >= 11 is 0. The van der Waals surface area contributed by atoms with Gasteiger partial charge in [0.05, 0.1) is 6.54 Å². The zero-order valence-corrected chi connectivity index (χ0v) is 9.96. The molecule has 0 aromatic carbocycles. The molecule has 0 radical (unpaired) electrons. The summed E-state index contributed by atoms with van der Waals surface area (Å²) in [4.78, 5) is 21.6. The molecule has 0 saturated heterocycles. The molecule has 0 spiro atoms. The molecule has 9 heteroatoms. The lowest BCUT2D eigenvalue weighted by Gasteiger charge is -2.19. The molecule has 0 unspecified atom stereocenters. The third kappa shape index (κ3) is 7.01. The molecule has 0 saturated carbocycles. The number of hydrogen-bond acceptors (Lipinski definition) is 7. The SMILES string of the molecule is CC(C)(C)OC(=O)NS(=O)(=O)OC(=O)CN. The zero-order valence-electron chi connectivity index (χ0n) is 9.14. The van der Waals surface area contributed by atoms with Crippen LogP contribution >= 0.6 is 0 Å². The highest BCUT2D eigenvalue weighted by molar-refractivity contribution is 7.85. The van der Waals surface area contributed by atoms with E-state index in [0.717, 1.165) is 0 Å². The lowest BCUT2D eigenvalue weighted by atomic mass is 10.2. The van der Waals surface area contributed by atoms with Gasteiger partial charge in [-0.1, -0.05) is 0 Å². The van der Waals surface area contributed by atoms with Crippen LogP contribution in [0.2, 0.25) is 0 Å². The van der Waals surface area contributed by atoms with Crippen molar-refractivity contribution < 1.29 is 26.9 Å². The molecule has 0 bridgehead atoms. The molecule has 8 nitrogen and oxygen atoms in total. The second-order valence-electron chi connectivity index (χ2n) is 3.72. The molecule has 0 aliphatic heterocycles. The number of nitrogens with one attached hydrogen (secondary N) is 1. The molecule has 0 aliphatic carbocycles. The number of hydrogen-bond donors (Lipinski definition) is 2. The average molecular weight is 254 g/mol. The van der Waals surface area contributed by atoms with Gasteiger partial charge < -0.3 is 14.7 Å². The summed E-state index contributed by atoms with van der Waals surface area (Å²) in [5.41, 5.74) is 3.97. The summed E-state index contributed by atoms with van der Waals surface area (Å²) in [7, 11) is -4.52. The van der Waals surface area contributed by atoms with Crippen LogP contribution < -0.4 is 10.5 Å². The largest absolute Gasteiger partial charge is 0.443 e. The lowest BCUT2D eigenvalue weighted by Crippen LogP contribution is -2.38. The Balaban J connectivity index is 4.39. The standard InChI is InChI=1S/C7H14N2O6S/c1-7(2,3)14-6(11)9-16(12,13)15-5(10)4-8/h4,8H2,1-3H3,(H,9,11). The van der Waals surface area contributed by atoms with Gasteiger partial charge in [0.1, 0.15) is 5.60 Å². The normalized spacial score (nSPS) is 11.8. The first-order valence-electron chi connectivity index (χ1n) is 4.24. The molecule has 0 aromatic heterocycles. The van der Waals surface area contributed by atoms with Gasteiger partial charge in [-0.2, -0.15) is 13.1 Å². The maximum absolute atomic E-state index is 11.0. The fourth-order valence-corrected chi connectivity index (χ4v) is 1.18. The van der Waals surface area contributed by atoms with Crippen LogP contribution in [0.25, 0.3) is 0 Å². The van der Waals surface area contributed by atoms with Gasteiger partial charge in [-0.15, -0.1) is 0 Å². The topological polar surface area (TPSA) is 125 Å². The first-order chi connectivity index (χ1) is 7.06. The molecule has 3 N–H and O–H groups in total. The fraction of sp³-hybridized carbons (Fsp3) is 0.714. The quantitative estimate of drug-likeness (QED) is 0.679. The van der Waals surface area contributed by atoms with Gasteiger partial charge in [0.2, 0.25) is 0 Å². The Labute approximate surface area is 93.3 Å². The highest BCUT2D eigenvalue weighted by Gasteiger charge is 2.23. The Kier molecular flexibility index (Phi) is 4.69. The highest BCUT2D eigenvalue weighted by Crippen LogP contribution is 2.06. The molecule has 1 amide bonds. The van der Waals surface area contributed by atoms with E-state index in [1.807, 2.05) is 0 Å². The van der Waals surface area contributed by atoms with Crippen molar-refractivity contribution in [1.29, 1.82) is 0 Å². The number of carbonyl (C=O) groups is 2. The summed E-state index contributed by atoms with van der Waals surface area (Å²) in [6, 6.07) is 0. The zero-order chi connectivity index (χ0) is 13.0. The van der Waals surface area contributed by atoms with Gasteiger partial charge in [0, 0.05) is 0 Å². The van der Waals surface area contributed by atoms with E-state index in [1.54, 1.807) is 20.8 Å². The molecular formula is C7H14N2O6S. The summed E-state index contributed by atoms with van der Waals surface area (Å²) < 4.78 is 31.9. The van der Waals surface area contributed by atoms with Crippen molar-refractivity contribution in [3.05, 3.63) is 0 Å². The van der Waals surface area contributed by atoms with Crippen LogP contribution in [0.5, 0.6) is 0 Å². The Bertz CT molecular complexity index is 369. The van der Waals surface area contributed by atoms with Crippen LogP contribution in [-0.2, 0) is 24.0 Å². The van der Waals surface area contributed by atoms with Crippen molar-refractivity contribution in [1.82, 2.24) is 4.72 Å². The Morgan fingerprint density at radius 2 is 1.81 bits per heavy atom.